The normalized spacial score (nSPS) is 15.5. The van der Waals surface area contributed by atoms with Crippen molar-refractivity contribution in [3.05, 3.63) is 65.0 Å². The Morgan fingerprint density at radius 3 is 2.39 bits per heavy atom. The minimum Gasteiger partial charge on any atom is -0.419 e. The predicted molar refractivity (Wildman–Crippen MR) is 117 cm³/mol. The lowest BCUT2D eigenvalue weighted by Crippen LogP contribution is -2.48. The summed E-state index contributed by atoms with van der Waals surface area (Å²) in [5.74, 6) is 0.325. The van der Waals surface area contributed by atoms with Gasteiger partial charge in [0.1, 0.15) is 0 Å². The van der Waals surface area contributed by atoms with Crippen molar-refractivity contribution in [2.75, 3.05) is 38.0 Å². The molecule has 1 amide bonds. The monoisotopic (exact) mass is 479 g/mol. The van der Waals surface area contributed by atoms with Gasteiger partial charge in [0, 0.05) is 26.2 Å². The van der Waals surface area contributed by atoms with E-state index < -0.39 is 17.6 Å². The Labute approximate surface area is 193 Å². The summed E-state index contributed by atoms with van der Waals surface area (Å²) in [4.78, 5) is 16.3. The third kappa shape index (κ3) is 5.89. The third-order valence-corrected chi connectivity index (χ3v) is 5.60. The van der Waals surface area contributed by atoms with E-state index >= 15 is 0 Å². The molecule has 33 heavy (non-hydrogen) atoms. The first-order chi connectivity index (χ1) is 15.8. The average molecular weight is 480 g/mol. The second-order valence-corrected chi connectivity index (χ2v) is 8.03. The number of hydrogen-bond donors (Lipinski definition) is 1. The molecule has 0 bridgehead atoms. The standard InChI is InChI=1S/C22H21ClF3N5O2/c23-17-7-3-1-5-15(17)21-29-28-20(33-21)14-31-11-9-30(10-12-31)13-19(32)27-18-8-4-2-6-16(18)22(24,25)26/h1-8H,9-14H2,(H,27,32). The Morgan fingerprint density at radius 1 is 1.00 bits per heavy atom. The van der Waals surface area contributed by atoms with E-state index in [0.29, 0.717) is 55.1 Å². The van der Waals surface area contributed by atoms with E-state index in [2.05, 4.69) is 20.4 Å². The maximum Gasteiger partial charge on any atom is 0.418 e. The van der Waals surface area contributed by atoms with Gasteiger partial charge in [-0.05, 0) is 24.3 Å². The highest BCUT2D eigenvalue weighted by molar-refractivity contribution is 6.33. The summed E-state index contributed by atoms with van der Waals surface area (Å²) < 4.78 is 45.0. The fourth-order valence-electron chi connectivity index (χ4n) is 3.59. The number of hydrogen-bond acceptors (Lipinski definition) is 6. The number of amides is 1. The van der Waals surface area contributed by atoms with Crippen LogP contribution in [-0.2, 0) is 17.5 Å². The number of halogens is 4. The molecule has 11 heteroatoms. The smallest absolute Gasteiger partial charge is 0.418 e. The van der Waals surface area contributed by atoms with Crippen LogP contribution in [0, 0.1) is 0 Å². The van der Waals surface area contributed by atoms with Gasteiger partial charge in [-0.3, -0.25) is 14.6 Å². The van der Waals surface area contributed by atoms with Crippen LogP contribution in [0.3, 0.4) is 0 Å². The summed E-state index contributed by atoms with van der Waals surface area (Å²) >= 11 is 6.17. The van der Waals surface area contributed by atoms with Crippen molar-refractivity contribution in [3.63, 3.8) is 0 Å². The van der Waals surface area contributed by atoms with Crippen molar-refractivity contribution in [3.8, 4) is 11.5 Å². The number of benzene rings is 2. The van der Waals surface area contributed by atoms with E-state index in [1.807, 2.05) is 17.0 Å². The fraction of sp³-hybridized carbons (Fsp3) is 0.318. The summed E-state index contributed by atoms with van der Waals surface area (Å²) in [6, 6.07) is 12.1. The zero-order valence-electron chi connectivity index (χ0n) is 17.5. The number of carbonyl (C=O) groups is 1. The lowest BCUT2D eigenvalue weighted by Gasteiger charge is -2.33. The van der Waals surface area contributed by atoms with Gasteiger partial charge < -0.3 is 9.73 Å². The highest BCUT2D eigenvalue weighted by Gasteiger charge is 2.33. The van der Waals surface area contributed by atoms with Crippen molar-refractivity contribution in [2.24, 2.45) is 0 Å². The molecule has 2 heterocycles. The van der Waals surface area contributed by atoms with Gasteiger partial charge in [-0.25, -0.2) is 0 Å². The molecule has 0 unspecified atom stereocenters. The Bertz CT molecular complexity index is 1110. The molecule has 174 valence electrons. The maximum absolute atomic E-state index is 13.1. The highest BCUT2D eigenvalue weighted by Crippen LogP contribution is 2.34. The van der Waals surface area contributed by atoms with Crippen LogP contribution in [0.2, 0.25) is 5.02 Å². The summed E-state index contributed by atoms with van der Waals surface area (Å²) in [5, 5.41) is 11.0. The number of alkyl halides is 3. The minimum atomic E-state index is -4.53. The number of aromatic nitrogens is 2. The van der Waals surface area contributed by atoms with Gasteiger partial charge in [0.05, 0.1) is 34.9 Å². The summed E-state index contributed by atoms with van der Waals surface area (Å²) in [6.45, 7) is 2.93. The molecule has 4 rings (SSSR count). The van der Waals surface area contributed by atoms with Crippen molar-refractivity contribution in [1.29, 1.82) is 0 Å². The zero-order valence-corrected chi connectivity index (χ0v) is 18.2. The zero-order chi connectivity index (χ0) is 23.4. The number of anilines is 1. The Balaban J connectivity index is 1.27. The molecule has 1 N–H and O–H groups in total. The molecular formula is C22H21ClF3N5O2. The van der Waals surface area contributed by atoms with Crippen molar-refractivity contribution < 1.29 is 22.4 Å². The van der Waals surface area contributed by atoms with E-state index in [-0.39, 0.29) is 12.2 Å². The topological polar surface area (TPSA) is 74.5 Å². The Hall–Kier alpha value is -2.95. The van der Waals surface area contributed by atoms with Gasteiger partial charge in [-0.1, -0.05) is 35.9 Å². The maximum atomic E-state index is 13.1. The van der Waals surface area contributed by atoms with Gasteiger partial charge in [-0.2, -0.15) is 13.2 Å². The van der Waals surface area contributed by atoms with Crippen LogP contribution in [-0.4, -0.2) is 58.6 Å². The van der Waals surface area contributed by atoms with Crippen LogP contribution in [0.4, 0.5) is 18.9 Å². The number of carbonyl (C=O) groups excluding carboxylic acids is 1. The van der Waals surface area contributed by atoms with Gasteiger partial charge in [0.2, 0.25) is 17.7 Å². The predicted octanol–water partition coefficient (Wildman–Crippen LogP) is 4.17. The van der Waals surface area contributed by atoms with E-state index in [0.717, 1.165) is 6.07 Å². The third-order valence-electron chi connectivity index (χ3n) is 5.27. The van der Waals surface area contributed by atoms with Crippen LogP contribution >= 0.6 is 11.6 Å². The SMILES string of the molecule is O=C(CN1CCN(Cc2nnc(-c3ccccc3Cl)o2)CC1)Nc1ccccc1C(F)(F)F. The molecule has 7 nitrogen and oxygen atoms in total. The second-order valence-electron chi connectivity index (χ2n) is 7.62. The quantitative estimate of drug-likeness (QED) is 0.572. The Kier molecular flexibility index (Phi) is 6.96. The van der Waals surface area contributed by atoms with Crippen LogP contribution < -0.4 is 5.32 Å². The van der Waals surface area contributed by atoms with Gasteiger partial charge >= 0.3 is 6.18 Å². The number of para-hydroxylation sites is 1. The van der Waals surface area contributed by atoms with E-state index in [1.165, 1.54) is 18.2 Å². The first kappa shape index (κ1) is 23.2. The first-order valence-corrected chi connectivity index (χ1v) is 10.7. The molecule has 3 aromatic rings. The van der Waals surface area contributed by atoms with Crippen molar-refractivity contribution >= 4 is 23.2 Å². The fourth-order valence-corrected chi connectivity index (χ4v) is 3.81. The number of nitrogens with zero attached hydrogens (tertiary/aromatic N) is 4. The van der Waals surface area contributed by atoms with Crippen LogP contribution in [0.1, 0.15) is 11.5 Å². The summed E-state index contributed by atoms with van der Waals surface area (Å²) in [7, 11) is 0. The molecule has 2 aromatic carbocycles. The lowest BCUT2D eigenvalue weighted by molar-refractivity contribution is -0.137. The van der Waals surface area contributed by atoms with Crippen LogP contribution in [0.5, 0.6) is 0 Å². The van der Waals surface area contributed by atoms with Crippen LogP contribution in [0.25, 0.3) is 11.5 Å². The van der Waals surface area contributed by atoms with Crippen molar-refractivity contribution in [1.82, 2.24) is 20.0 Å². The molecule has 0 aliphatic carbocycles. The van der Waals surface area contributed by atoms with Gasteiger partial charge in [0.15, 0.2) is 0 Å². The molecule has 0 saturated carbocycles. The molecule has 1 aliphatic heterocycles. The summed E-state index contributed by atoms with van der Waals surface area (Å²) in [6.07, 6.45) is -4.53. The van der Waals surface area contributed by atoms with E-state index in [4.69, 9.17) is 16.0 Å². The number of nitrogens with one attached hydrogen (secondary N) is 1. The molecular weight excluding hydrogens is 459 g/mol. The first-order valence-electron chi connectivity index (χ1n) is 10.3. The number of piperazine rings is 1. The number of rotatable bonds is 6. The molecule has 1 saturated heterocycles. The molecule has 1 aliphatic rings. The van der Waals surface area contributed by atoms with E-state index in [9.17, 15) is 18.0 Å². The average Bonchev–Trinajstić information content (AvgIpc) is 3.23. The van der Waals surface area contributed by atoms with Gasteiger partial charge in [0.25, 0.3) is 0 Å². The molecule has 0 atom stereocenters. The Morgan fingerprint density at radius 2 is 1.67 bits per heavy atom. The second kappa shape index (κ2) is 9.90. The lowest BCUT2D eigenvalue weighted by atomic mass is 10.1. The van der Waals surface area contributed by atoms with E-state index in [1.54, 1.807) is 12.1 Å². The molecule has 0 radical (unpaired) electrons. The molecule has 1 fully saturated rings. The highest BCUT2D eigenvalue weighted by atomic mass is 35.5. The largest absolute Gasteiger partial charge is 0.419 e. The summed E-state index contributed by atoms with van der Waals surface area (Å²) in [5.41, 5.74) is -0.431. The molecule has 1 aromatic heterocycles. The molecule has 0 spiro atoms. The minimum absolute atomic E-state index is 0.0112. The van der Waals surface area contributed by atoms with Gasteiger partial charge in [-0.15, -0.1) is 10.2 Å². The van der Waals surface area contributed by atoms with Crippen molar-refractivity contribution in [2.45, 2.75) is 12.7 Å². The van der Waals surface area contributed by atoms with Crippen LogP contribution in [0.15, 0.2) is 52.9 Å².